The molecule has 0 amide bonds. The van der Waals surface area contributed by atoms with Gasteiger partial charge in [-0.1, -0.05) is 170 Å². The molecule has 0 radical (unpaired) electrons. The predicted molar refractivity (Wildman–Crippen MR) is 247 cm³/mol. The molecule has 0 saturated heterocycles. The summed E-state index contributed by atoms with van der Waals surface area (Å²) in [5.74, 6) is 0. The van der Waals surface area contributed by atoms with Gasteiger partial charge in [0.05, 0.1) is 0 Å². The Morgan fingerprint density at radius 2 is 0.397 bits per heavy atom. The van der Waals surface area contributed by atoms with Crippen molar-refractivity contribution in [3.8, 4) is 33.4 Å². The van der Waals surface area contributed by atoms with Gasteiger partial charge in [0, 0.05) is 34.1 Å². The van der Waals surface area contributed by atoms with Crippen LogP contribution < -0.4 is 9.80 Å². The Morgan fingerprint density at radius 1 is 0.172 bits per heavy atom. The van der Waals surface area contributed by atoms with Crippen LogP contribution >= 0.6 is 0 Å². The second-order valence-corrected chi connectivity index (χ2v) is 14.5. The Morgan fingerprint density at radius 3 is 0.690 bits per heavy atom. The van der Waals surface area contributed by atoms with E-state index in [2.05, 4.69) is 252 Å². The summed E-state index contributed by atoms with van der Waals surface area (Å²) in [5.41, 5.74) is 14.0. The first kappa shape index (κ1) is 34.8. The summed E-state index contributed by atoms with van der Waals surface area (Å²) in [6, 6.07) is 87.1. The topological polar surface area (TPSA) is 6.48 Å². The third-order valence-electron chi connectivity index (χ3n) is 11.1. The maximum Gasteiger partial charge on any atom is 0.0462 e. The monoisotopic (exact) mass is 740 g/mol. The van der Waals surface area contributed by atoms with Gasteiger partial charge >= 0.3 is 0 Å². The van der Waals surface area contributed by atoms with Gasteiger partial charge in [-0.3, -0.25) is 0 Å². The molecule has 10 aromatic rings. The summed E-state index contributed by atoms with van der Waals surface area (Å²) < 4.78 is 0. The van der Waals surface area contributed by atoms with Crippen molar-refractivity contribution < 1.29 is 0 Å². The molecule has 0 saturated carbocycles. The summed E-state index contributed by atoms with van der Waals surface area (Å²) in [4.78, 5) is 4.61. The Balaban J connectivity index is 1.01. The number of hydrogen-bond acceptors (Lipinski definition) is 2. The van der Waals surface area contributed by atoms with Crippen molar-refractivity contribution in [1.29, 1.82) is 0 Å². The number of hydrogen-bond donors (Lipinski definition) is 0. The van der Waals surface area contributed by atoms with Crippen LogP contribution in [0.25, 0.3) is 54.9 Å². The average Bonchev–Trinajstić information content (AvgIpc) is 3.31. The van der Waals surface area contributed by atoms with Gasteiger partial charge < -0.3 is 9.80 Å². The van der Waals surface area contributed by atoms with E-state index < -0.39 is 0 Å². The zero-order valence-corrected chi connectivity index (χ0v) is 32.0. The fourth-order valence-electron chi connectivity index (χ4n) is 8.35. The molecule has 0 atom stereocenters. The Kier molecular flexibility index (Phi) is 9.27. The van der Waals surface area contributed by atoms with Crippen molar-refractivity contribution in [3.05, 3.63) is 243 Å². The molecule has 0 aromatic heterocycles. The van der Waals surface area contributed by atoms with E-state index in [1.165, 1.54) is 54.9 Å². The third-order valence-corrected chi connectivity index (χ3v) is 11.1. The average molecular weight is 741 g/mol. The van der Waals surface area contributed by atoms with Crippen molar-refractivity contribution in [1.82, 2.24) is 0 Å². The van der Waals surface area contributed by atoms with E-state index in [4.69, 9.17) is 0 Å². The lowest BCUT2D eigenvalue weighted by Gasteiger charge is -2.25. The highest BCUT2D eigenvalue weighted by Crippen LogP contribution is 2.43. The molecule has 0 bridgehead atoms. The van der Waals surface area contributed by atoms with E-state index in [-0.39, 0.29) is 0 Å². The number of para-hydroxylation sites is 4. The summed E-state index contributed by atoms with van der Waals surface area (Å²) >= 11 is 0. The molecule has 10 aromatic carbocycles. The van der Waals surface area contributed by atoms with Gasteiger partial charge in [0.2, 0.25) is 0 Å². The zero-order chi connectivity index (χ0) is 38.7. The summed E-state index contributed by atoms with van der Waals surface area (Å²) in [6.45, 7) is 0. The zero-order valence-electron chi connectivity index (χ0n) is 32.0. The van der Waals surface area contributed by atoms with Crippen LogP contribution in [0.15, 0.2) is 243 Å². The van der Waals surface area contributed by atoms with E-state index in [9.17, 15) is 0 Å². The van der Waals surface area contributed by atoms with Crippen LogP contribution in [-0.2, 0) is 0 Å². The minimum atomic E-state index is 1.12. The van der Waals surface area contributed by atoms with Crippen molar-refractivity contribution >= 4 is 55.7 Å². The van der Waals surface area contributed by atoms with Gasteiger partial charge in [-0.2, -0.15) is 0 Å². The standard InChI is InChI=1S/C56H40N2/c1-5-17-43(18-6-1)57(44-19-7-2-8-20-44)47-33-29-41(30-34-47)49-37-39-55(53-27-15-13-25-51(49)53)56-40-38-50(52-26-14-16-28-54(52)56)42-31-35-48(36-32-42)58(45-21-9-3-10-22-45)46-23-11-4-12-24-46/h1-40H. The van der Waals surface area contributed by atoms with E-state index in [1.54, 1.807) is 0 Å². The molecule has 0 N–H and O–H groups in total. The van der Waals surface area contributed by atoms with Crippen molar-refractivity contribution in [3.63, 3.8) is 0 Å². The molecule has 0 heterocycles. The van der Waals surface area contributed by atoms with Gasteiger partial charge in [0.15, 0.2) is 0 Å². The largest absolute Gasteiger partial charge is 0.311 e. The van der Waals surface area contributed by atoms with E-state index >= 15 is 0 Å². The van der Waals surface area contributed by atoms with Crippen LogP contribution in [0.3, 0.4) is 0 Å². The molecule has 2 nitrogen and oxygen atoms in total. The lowest BCUT2D eigenvalue weighted by molar-refractivity contribution is 1.28. The van der Waals surface area contributed by atoms with E-state index in [0.29, 0.717) is 0 Å². The predicted octanol–water partition coefficient (Wildman–Crippen LogP) is 15.9. The van der Waals surface area contributed by atoms with Gasteiger partial charge in [-0.15, -0.1) is 0 Å². The van der Waals surface area contributed by atoms with Crippen LogP contribution in [0.5, 0.6) is 0 Å². The Labute approximate surface area is 340 Å². The lowest BCUT2D eigenvalue weighted by atomic mass is 9.88. The molecule has 2 heteroatoms. The minimum absolute atomic E-state index is 1.12. The van der Waals surface area contributed by atoms with Crippen LogP contribution in [-0.4, -0.2) is 0 Å². The van der Waals surface area contributed by atoms with Gasteiger partial charge in [-0.05, 0) is 128 Å². The van der Waals surface area contributed by atoms with Crippen LogP contribution in [0.1, 0.15) is 0 Å². The highest BCUT2D eigenvalue weighted by atomic mass is 15.1. The third kappa shape index (κ3) is 6.57. The summed E-state index contributed by atoms with van der Waals surface area (Å²) in [6.07, 6.45) is 0. The molecule has 0 unspecified atom stereocenters. The quantitative estimate of drug-likeness (QED) is 0.145. The lowest BCUT2D eigenvalue weighted by Crippen LogP contribution is -2.09. The molecule has 10 rings (SSSR count). The molecular weight excluding hydrogens is 701 g/mol. The van der Waals surface area contributed by atoms with Gasteiger partial charge in [0.1, 0.15) is 0 Å². The molecular formula is C56H40N2. The van der Waals surface area contributed by atoms with Crippen molar-refractivity contribution in [2.75, 3.05) is 9.80 Å². The first-order valence-corrected chi connectivity index (χ1v) is 19.9. The molecule has 0 aliphatic carbocycles. The van der Waals surface area contributed by atoms with Gasteiger partial charge in [-0.25, -0.2) is 0 Å². The van der Waals surface area contributed by atoms with E-state index in [0.717, 1.165) is 34.1 Å². The highest BCUT2D eigenvalue weighted by molar-refractivity contribution is 6.12. The van der Waals surface area contributed by atoms with Crippen molar-refractivity contribution in [2.45, 2.75) is 0 Å². The summed E-state index contributed by atoms with van der Waals surface area (Å²) in [7, 11) is 0. The summed E-state index contributed by atoms with van der Waals surface area (Å²) in [5, 5.41) is 4.95. The van der Waals surface area contributed by atoms with Crippen LogP contribution in [0.2, 0.25) is 0 Å². The van der Waals surface area contributed by atoms with Crippen LogP contribution in [0, 0.1) is 0 Å². The number of anilines is 6. The SMILES string of the molecule is c1ccc(N(c2ccccc2)c2ccc(-c3ccc(-c4ccc(-c5ccc(N(c6ccccc6)c6ccccc6)cc5)c5ccccc45)c4ccccc34)cc2)cc1. The Hall–Kier alpha value is -7.68. The molecule has 58 heavy (non-hydrogen) atoms. The molecule has 0 spiro atoms. The first-order valence-electron chi connectivity index (χ1n) is 19.9. The van der Waals surface area contributed by atoms with Gasteiger partial charge in [0.25, 0.3) is 0 Å². The Bertz CT molecular complexity index is 2670. The van der Waals surface area contributed by atoms with Crippen molar-refractivity contribution in [2.24, 2.45) is 0 Å². The maximum atomic E-state index is 2.31. The first-order chi connectivity index (χ1) is 28.8. The highest BCUT2D eigenvalue weighted by Gasteiger charge is 2.17. The molecule has 274 valence electrons. The second kappa shape index (κ2) is 15.5. The molecule has 0 fully saturated rings. The maximum absolute atomic E-state index is 2.31. The normalized spacial score (nSPS) is 11.1. The van der Waals surface area contributed by atoms with E-state index in [1.807, 2.05) is 0 Å². The number of benzene rings is 10. The number of fused-ring (bicyclic) bond motifs is 2. The fraction of sp³-hybridized carbons (Fsp3) is 0. The minimum Gasteiger partial charge on any atom is -0.311 e. The second-order valence-electron chi connectivity index (χ2n) is 14.5. The molecule has 0 aliphatic rings. The smallest absolute Gasteiger partial charge is 0.0462 e. The number of rotatable bonds is 9. The fourth-order valence-corrected chi connectivity index (χ4v) is 8.35. The molecule has 0 aliphatic heterocycles. The van der Waals surface area contributed by atoms with Crippen LogP contribution in [0.4, 0.5) is 34.1 Å². The number of nitrogens with zero attached hydrogens (tertiary/aromatic N) is 2.